The van der Waals surface area contributed by atoms with Crippen molar-refractivity contribution in [2.45, 2.75) is 63.3 Å². The molecule has 1 aliphatic carbocycles. The number of thiophene rings is 1. The number of nitrogens with zero attached hydrogens (tertiary/aromatic N) is 3. The van der Waals surface area contributed by atoms with Crippen LogP contribution >= 0.6 is 23.1 Å². The van der Waals surface area contributed by atoms with Gasteiger partial charge in [0.15, 0.2) is 11.0 Å². The number of ether oxygens (including phenoxy) is 1. The Labute approximate surface area is 186 Å². The lowest BCUT2D eigenvalue weighted by molar-refractivity contribution is -0.119. The molecule has 0 unspecified atom stereocenters. The number of hydrogen-bond acceptors (Lipinski definition) is 6. The van der Waals surface area contributed by atoms with Gasteiger partial charge in [-0.2, -0.15) is 0 Å². The van der Waals surface area contributed by atoms with Gasteiger partial charge < -0.3 is 10.1 Å². The van der Waals surface area contributed by atoms with Gasteiger partial charge in [0, 0.05) is 24.6 Å². The quantitative estimate of drug-likeness (QED) is 0.464. The zero-order valence-corrected chi connectivity index (χ0v) is 19.2. The van der Waals surface area contributed by atoms with Crippen molar-refractivity contribution in [3.05, 3.63) is 29.2 Å². The highest BCUT2D eigenvalue weighted by Gasteiger charge is 2.23. The monoisotopic (exact) mass is 446 g/mol. The number of carbonyl (C=O) groups excluding carboxylic acids is 1. The van der Waals surface area contributed by atoms with Crippen LogP contribution < -0.4 is 5.32 Å². The molecular formula is C22H30N4O2S2. The second-order valence-electron chi connectivity index (χ2n) is 8.01. The highest BCUT2D eigenvalue weighted by atomic mass is 32.2. The molecule has 2 aliphatic rings. The average Bonchev–Trinajstić information content (AvgIpc) is 3.50. The van der Waals surface area contributed by atoms with E-state index in [2.05, 4.69) is 39.7 Å². The summed E-state index contributed by atoms with van der Waals surface area (Å²) in [5.41, 5.74) is 1.48. The van der Waals surface area contributed by atoms with Gasteiger partial charge in [-0.05, 0) is 49.7 Å². The number of hydrogen-bond donors (Lipinski definition) is 1. The number of thioether (sulfide) groups is 1. The summed E-state index contributed by atoms with van der Waals surface area (Å²) in [5, 5.41) is 12.6. The van der Waals surface area contributed by atoms with Gasteiger partial charge in [-0.1, -0.05) is 31.2 Å². The molecule has 1 fully saturated rings. The topological polar surface area (TPSA) is 69.0 Å². The number of amides is 1. The van der Waals surface area contributed by atoms with Crippen LogP contribution in [0, 0.1) is 5.92 Å². The van der Waals surface area contributed by atoms with Gasteiger partial charge >= 0.3 is 0 Å². The van der Waals surface area contributed by atoms with Crippen LogP contribution in [0.15, 0.2) is 23.9 Å². The molecule has 8 heteroatoms. The maximum atomic E-state index is 12.2. The molecular weight excluding hydrogens is 416 g/mol. The van der Waals surface area contributed by atoms with Crippen molar-refractivity contribution in [2.75, 3.05) is 18.9 Å². The zero-order chi connectivity index (χ0) is 20.9. The Balaban J connectivity index is 1.42. The van der Waals surface area contributed by atoms with Crippen molar-refractivity contribution in [1.29, 1.82) is 0 Å². The summed E-state index contributed by atoms with van der Waals surface area (Å²) < 4.78 is 7.63. The van der Waals surface area contributed by atoms with Gasteiger partial charge in [0.2, 0.25) is 5.91 Å². The molecule has 2 atom stereocenters. The Kier molecular flexibility index (Phi) is 7.28. The molecule has 2 aromatic rings. The number of aryl methyl sites for hydroxylation is 1. The largest absolute Gasteiger partial charge is 0.376 e. The van der Waals surface area contributed by atoms with E-state index in [9.17, 15) is 4.79 Å². The van der Waals surface area contributed by atoms with E-state index in [-0.39, 0.29) is 12.0 Å². The smallest absolute Gasteiger partial charge is 0.230 e. The molecule has 1 saturated heterocycles. The highest BCUT2D eigenvalue weighted by molar-refractivity contribution is 7.99. The lowest BCUT2D eigenvalue weighted by Crippen LogP contribution is -2.32. The first-order valence-electron chi connectivity index (χ1n) is 10.8. The summed E-state index contributed by atoms with van der Waals surface area (Å²) in [7, 11) is 0. The third-order valence-electron chi connectivity index (χ3n) is 5.89. The maximum absolute atomic E-state index is 12.2. The third kappa shape index (κ3) is 4.98. The van der Waals surface area contributed by atoms with Crippen LogP contribution in [0.3, 0.4) is 0 Å². The SMILES string of the molecule is C=CCn1c(SCC(=O)NC[C@@H]2CCCO2)nnc1-c1cc2c(s1)CC[C@H](CC)C2. The predicted molar refractivity (Wildman–Crippen MR) is 122 cm³/mol. The summed E-state index contributed by atoms with van der Waals surface area (Å²) in [4.78, 5) is 14.9. The van der Waals surface area contributed by atoms with Crippen molar-refractivity contribution < 1.29 is 9.53 Å². The van der Waals surface area contributed by atoms with Gasteiger partial charge in [-0.25, -0.2) is 0 Å². The number of allylic oxidation sites excluding steroid dienone is 1. The second-order valence-corrected chi connectivity index (χ2v) is 10.1. The molecule has 0 saturated carbocycles. The molecule has 3 heterocycles. The summed E-state index contributed by atoms with van der Waals surface area (Å²) in [6.45, 7) is 8.19. The van der Waals surface area contributed by atoms with E-state index in [4.69, 9.17) is 4.74 Å². The second kappa shape index (κ2) is 10.1. The van der Waals surface area contributed by atoms with E-state index in [0.29, 0.717) is 18.8 Å². The van der Waals surface area contributed by atoms with Gasteiger partial charge in [0.1, 0.15) is 0 Å². The van der Waals surface area contributed by atoms with Crippen molar-refractivity contribution in [3.63, 3.8) is 0 Å². The fourth-order valence-electron chi connectivity index (χ4n) is 4.14. The fraction of sp³-hybridized carbons (Fsp3) is 0.591. The average molecular weight is 447 g/mol. The number of nitrogens with one attached hydrogen (secondary N) is 1. The van der Waals surface area contributed by atoms with E-state index < -0.39 is 0 Å². The van der Waals surface area contributed by atoms with Crippen LogP contribution in [-0.4, -0.2) is 45.7 Å². The van der Waals surface area contributed by atoms with Crippen LogP contribution in [0.25, 0.3) is 10.7 Å². The van der Waals surface area contributed by atoms with E-state index >= 15 is 0 Å². The zero-order valence-electron chi connectivity index (χ0n) is 17.6. The molecule has 2 aromatic heterocycles. The summed E-state index contributed by atoms with van der Waals surface area (Å²) in [6, 6.07) is 2.30. The van der Waals surface area contributed by atoms with E-state index in [1.807, 2.05) is 17.4 Å². The Hall–Kier alpha value is -1.64. The van der Waals surface area contributed by atoms with Gasteiger partial charge in [-0.3, -0.25) is 9.36 Å². The van der Waals surface area contributed by atoms with Gasteiger partial charge in [0.25, 0.3) is 0 Å². The lowest BCUT2D eigenvalue weighted by atomic mass is 9.87. The minimum absolute atomic E-state index is 0.00222. The fourth-order valence-corrected chi connectivity index (χ4v) is 6.12. The minimum Gasteiger partial charge on any atom is -0.376 e. The van der Waals surface area contributed by atoms with Crippen molar-refractivity contribution >= 4 is 29.0 Å². The number of carbonyl (C=O) groups is 1. The molecule has 0 radical (unpaired) electrons. The molecule has 6 nitrogen and oxygen atoms in total. The van der Waals surface area contributed by atoms with E-state index in [0.717, 1.165) is 36.3 Å². The van der Waals surface area contributed by atoms with E-state index in [1.165, 1.54) is 52.8 Å². The Bertz CT molecular complexity index is 886. The number of rotatable bonds is 9. The molecule has 0 spiro atoms. The van der Waals surface area contributed by atoms with Crippen LogP contribution in [0.1, 0.15) is 43.0 Å². The van der Waals surface area contributed by atoms with Crippen molar-refractivity contribution in [1.82, 2.24) is 20.1 Å². The molecule has 30 heavy (non-hydrogen) atoms. The first kappa shape index (κ1) is 21.6. The van der Waals surface area contributed by atoms with Gasteiger partial charge in [0.05, 0.1) is 16.7 Å². The Morgan fingerprint density at radius 3 is 3.13 bits per heavy atom. The molecule has 0 bridgehead atoms. The minimum atomic E-state index is 0.00222. The third-order valence-corrected chi connectivity index (χ3v) is 8.09. The molecule has 162 valence electrons. The van der Waals surface area contributed by atoms with Crippen molar-refractivity contribution in [2.24, 2.45) is 5.92 Å². The predicted octanol–water partition coefficient (Wildman–Crippen LogP) is 4.09. The summed E-state index contributed by atoms with van der Waals surface area (Å²) in [5.74, 6) is 2.00. The van der Waals surface area contributed by atoms with Gasteiger partial charge in [-0.15, -0.1) is 28.1 Å². The standard InChI is InChI=1S/C22H30N4O2S2/c1-3-9-26-21(19-12-16-11-15(4-2)7-8-18(16)30-19)24-25-22(26)29-14-20(27)23-13-17-6-5-10-28-17/h3,12,15,17H,1,4-11,13-14H2,2H3,(H,23,27)/t15-,17-/m0/s1. The lowest BCUT2D eigenvalue weighted by Gasteiger charge is -2.19. The highest BCUT2D eigenvalue weighted by Crippen LogP contribution is 2.38. The van der Waals surface area contributed by atoms with Crippen LogP contribution in [0.4, 0.5) is 0 Å². The normalized spacial score (nSPS) is 20.8. The molecule has 4 rings (SSSR count). The maximum Gasteiger partial charge on any atom is 0.230 e. The summed E-state index contributed by atoms with van der Waals surface area (Å²) >= 11 is 3.27. The molecule has 1 aliphatic heterocycles. The Morgan fingerprint density at radius 2 is 2.37 bits per heavy atom. The molecule has 0 aromatic carbocycles. The van der Waals surface area contributed by atoms with Crippen LogP contribution in [-0.2, 0) is 28.9 Å². The number of aromatic nitrogens is 3. The molecule has 1 amide bonds. The summed E-state index contributed by atoms with van der Waals surface area (Å²) in [6.07, 6.45) is 8.98. The first-order chi connectivity index (χ1) is 14.7. The first-order valence-corrected chi connectivity index (χ1v) is 12.6. The van der Waals surface area contributed by atoms with Crippen LogP contribution in [0.2, 0.25) is 0 Å². The van der Waals surface area contributed by atoms with E-state index in [1.54, 1.807) is 0 Å². The van der Waals surface area contributed by atoms with Crippen molar-refractivity contribution in [3.8, 4) is 10.7 Å². The number of fused-ring (bicyclic) bond motifs is 1. The van der Waals surface area contributed by atoms with Crippen LogP contribution in [0.5, 0.6) is 0 Å². The Morgan fingerprint density at radius 1 is 1.47 bits per heavy atom. The molecule has 1 N–H and O–H groups in total.